The van der Waals surface area contributed by atoms with Crippen molar-refractivity contribution in [3.63, 3.8) is 0 Å². The average molecular weight is 265 g/mol. The van der Waals surface area contributed by atoms with Crippen LogP contribution in [0.2, 0.25) is 0 Å². The Kier molecular flexibility index (Phi) is 5.83. The molecule has 0 fully saturated rings. The summed E-state index contributed by atoms with van der Waals surface area (Å²) in [6.07, 6.45) is 0.856. The van der Waals surface area contributed by atoms with Gasteiger partial charge in [-0.25, -0.2) is 0 Å². The topological polar surface area (TPSA) is 30.5 Å². The smallest absolute Gasteiger partial charge is 0.120 e. The second-order valence-corrected chi connectivity index (χ2v) is 6.06. The highest BCUT2D eigenvalue weighted by atomic mass is 16.5. The van der Waals surface area contributed by atoms with E-state index in [4.69, 9.17) is 9.47 Å². The van der Waals surface area contributed by atoms with Crippen LogP contribution in [0.25, 0.3) is 0 Å². The van der Waals surface area contributed by atoms with Gasteiger partial charge in [0, 0.05) is 13.0 Å². The number of likely N-dealkylation sites (N-methyl/N-ethyl adjacent to an activating group) is 1. The summed E-state index contributed by atoms with van der Waals surface area (Å²) in [6, 6.07) is 9.92. The Morgan fingerprint density at radius 1 is 1.00 bits per heavy atom. The molecule has 0 heterocycles. The van der Waals surface area contributed by atoms with Crippen molar-refractivity contribution in [3.8, 4) is 5.75 Å². The predicted octanol–water partition coefficient (Wildman–Crippen LogP) is 3.25. The van der Waals surface area contributed by atoms with E-state index >= 15 is 0 Å². The molecular formula is C16H27NO2. The number of hydrogen-bond donors (Lipinski definition) is 1. The van der Waals surface area contributed by atoms with E-state index in [1.54, 1.807) is 0 Å². The summed E-state index contributed by atoms with van der Waals surface area (Å²) < 4.78 is 11.9. The highest BCUT2D eigenvalue weighted by Gasteiger charge is 2.23. The third-order valence-electron chi connectivity index (χ3n) is 2.94. The van der Waals surface area contributed by atoms with Crippen LogP contribution in [-0.2, 0) is 4.74 Å². The summed E-state index contributed by atoms with van der Waals surface area (Å²) in [7, 11) is 1.94. The van der Waals surface area contributed by atoms with Crippen molar-refractivity contribution >= 4 is 0 Å². The van der Waals surface area contributed by atoms with E-state index in [0.29, 0.717) is 6.61 Å². The van der Waals surface area contributed by atoms with Crippen molar-refractivity contribution in [3.05, 3.63) is 30.3 Å². The van der Waals surface area contributed by atoms with Crippen molar-refractivity contribution < 1.29 is 9.47 Å². The standard InChI is InChI=1S/C16H27NO2/c1-15(2,19-14-9-7-6-8-10-14)11-12-18-16(3,4)13-17-5/h6-10,17H,11-13H2,1-5H3. The first-order valence-corrected chi connectivity index (χ1v) is 6.87. The summed E-state index contributed by atoms with van der Waals surface area (Å²) >= 11 is 0. The Morgan fingerprint density at radius 3 is 2.21 bits per heavy atom. The molecule has 0 aliphatic carbocycles. The Labute approximate surface area is 117 Å². The number of hydrogen-bond acceptors (Lipinski definition) is 3. The Bertz CT molecular complexity index is 360. The maximum Gasteiger partial charge on any atom is 0.120 e. The molecule has 0 saturated carbocycles. The molecule has 0 unspecified atom stereocenters. The van der Waals surface area contributed by atoms with Crippen LogP contribution in [0.4, 0.5) is 0 Å². The molecule has 3 heteroatoms. The van der Waals surface area contributed by atoms with Gasteiger partial charge in [-0.05, 0) is 46.9 Å². The van der Waals surface area contributed by atoms with Gasteiger partial charge in [-0.2, -0.15) is 0 Å². The minimum atomic E-state index is -0.225. The van der Waals surface area contributed by atoms with Crippen molar-refractivity contribution in [1.29, 1.82) is 0 Å². The van der Waals surface area contributed by atoms with Gasteiger partial charge in [0.15, 0.2) is 0 Å². The second kappa shape index (κ2) is 6.92. The molecular weight excluding hydrogens is 238 g/mol. The van der Waals surface area contributed by atoms with Crippen LogP contribution in [0.3, 0.4) is 0 Å². The van der Waals surface area contributed by atoms with E-state index < -0.39 is 0 Å². The third kappa shape index (κ3) is 6.60. The Morgan fingerprint density at radius 2 is 1.63 bits per heavy atom. The highest BCUT2D eigenvalue weighted by molar-refractivity contribution is 5.21. The average Bonchev–Trinajstić information content (AvgIpc) is 2.28. The third-order valence-corrected chi connectivity index (χ3v) is 2.94. The minimum absolute atomic E-state index is 0.141. The van der Waals surface area contributed by atoms with Gasteiger partial charge < -0.3 is 14.8 Å². The van der Waals surface area contributed by atoms with E-state index in [1.165, 1.54) is 0 Å². The minimum Gasteiger partial charge on any atom is -0.488 e. The number of benzene rings is 1. The maximum atomic E-state index is 5.98. The fourth-order valence-corrected chi connectivity index (χ4v) is 1.91. The second-order valence-electron chi connectivity index (χ2n) is 6.06. The SMILES string of the molecule is CNCC(C)(C)OCCC(C)(C)Oc1ccccc1. The van der Waals surface area contributed by atoms with Crippen LogP contribution >= 0.6 is 0 Å². The Hall–Kier alpha value is -1.06. The van der Waals surface area contributed by atoms with Crippen molar-refractivity contribution in [2.75, 3.05) is 20.2 Å². The summed E-state index contributed by atoms with van der Waals surface area (Å²) in [6.45, 7) is 9.90. The van der Waals surface area contributed by atoms with Crippen molar-refractivity contribution in [2.45, 2.75) is 45.3 Å². The zero-order valence-electron chi connectivity index (χ0n) is 12.8. The van der Waals surface area contributed by atoms with Crippen LogP contribution in [0.1, 0.15) is 34.1 Å². The summed E-state index contributed by atoms with van der Waals surface area (Å²) in [5, 5.41) is 3.14. The first-order chi connectivity index (χ1) is 8.85. The van der Waals surface area contributed by atoms with Gasteiger partial charge in [-0.15, -0.1) is 0 Å². The van der Waals surface area contributed by atoms with Crippen LogP contribution in [0, 0.1) is 0 Å². The van der Waals surface area contributed by atoms with Crippen molar-refractivity contribution in [1.82, 2.24) is 5.32 Å². The number of ether oxygens (including phenoxy) is 2. The Balaban J connectivity index is 2.39. The molecule has 1 rings (SSSR count). The van der Waals surface area contributed by atoms with Crippen LogP contribution in [-0.4, -0.2) is 31.4 Å². The van der Waals surface area contributed by atoms with Gasteiger partial charge in [-0.1, -0.05) is 18.2 Å². The van der Waals surface area contributed by atoms with Crippen LogP contribution < -0.4 is 10.1 Å². The fourth-order valence-electron chi connectivity index (χ4n) is 1.91. The summed E-state index contributed by atoms with van der Waals surface area (Å²) in [5.74, 6) is 0.905. The molecule has 1 aromatic carbocycles. The lowest BCUT2D eigenvalue weighted by molar-refractivity contribution is -0.0383. The quantitative estimate of drug-likeness (QED) is 0.782. The molecule has 108 valence electrons. The lowest BCUT2D eigenvalue weighted by Gasteiger charge is -2.30. The molecule has 0 bridgehead atoms. The normalized spacial score (nSPS) is 12.5. The highest BCUT2D eigenvalue weighted by Crippen LogP contribution is 2.21. The van der Waals surface area contributed by atoms with E-state index in [1.807, 2.05) is 37.4 Å². The zero-order valence-corrected chi connectivity index (χ0v) is 12.8. The van der Waals surface area contributed by atoms with E-state index in [-0.39, 0.29) is 11.2 Å². The number of nitrogens with one attached hydrogen (secondary N) is 1. The fraction of sp³-hybridized carbons (Fsp3) is 0.625. The van der Waals surface area contributed by atoms with Crippen LogP contribution in [0.5, 0.6) is 5.75 Å². The first-order valence-electron chi connectivity index (χ1n) is 6.87. The molecule has 0 radical (unpaired) electrons. The van der Waals surface area contributed by atoms with Gasteiger partial charge in [0.05, 0.1) is 12.2 Å². The van der Waals surface area contributed by atoms with E-state index in [2.05, 4.69) is 33.0 Å². The molecule has 0 spiro atoms. The number of para-hydroxylation sites is 1. The molecule has 0 aliphatic heterocycles. The molecule has 0 aliphatic rings. The predicted molar refractivity (Wildman–Crippen MR) is 79.7 cm³/mol. The molecule has 1 N–H and O–H groups in total. The monoisotopic (exact) mass is 265 g/mol. The molecule has 0 aromatic heterocycles. The first kappa shape index (κ1) is 16.0. The largest absolute Gasteiger partial charge is 0.488 e. The molecule has 3 nitrogen and oxygen atoms in total. The molecule has 0 amide bonds. The van der Waals surface area contributed by atoms with E-state index in [9.17, 15) is 0 Å². The molecule has 0 saturated heterocycles. The molecule has 1 aromatic rings. The summed E-state index contributed by atoms with van der Waals surface area (Å²) in [5.41, 5.74) is -0.366. The van der Waals surface area contributed by atoms with Gasteiger partial charge >= 0.3 is 0 Å². The zero-order chi connectivity index (χ0) is 14.4. The van der Waals surface area contributed by atoms with Crippen LogP contribution in [0.15, 0.2) is 30.3 Å². The van der Waals surface area contributed by atoms with Gasteiger partial charge in [-0.3, -0.25) is 0 Å². The lowest BCUT2D eigenvalue weighted by atomic mass is 10.1. The van der Waals surface area contributed by atoms with Crippen molar-refractivity contribution in [2.24, 2.45) is 0 Å². The van der Waals surface area contributed by atoms with Gasteiger partial charge in [0.2, 0.25) is 0 Å². The molecule has 19 heavy (non-hydrogen) atoms. The maximum absolute atomic E-state index is 5.98. The number of rotatable bonds is 8. The molecule has 0 atom stereocenters. The van der Waals surface area contributed by atoms with Gasteiger partial charge in [0.1, 0.15) is 11.4 Å². The van der Waals surface area contributed by atoms with E-state index in [0.717, 1.165) is 18.7 Å². The van der Waals surface area contributed by atoms with Gasteiger partial charge in [0.25, 0.3) is 0 Å². The summed E-state index contributed by atoms with van der Waals surface area (Å²) in [4.78, 5) is 0. The lowest BCUT2D eigenvalue weighted by Crippen LogP contribution is -2.38.